The first kappa shape index (κ1) is 36.2. The zero-order valence-corrected chi connectivity index (χ0v) is 34.6. The van der Waals surface area contributed by atoms with Crippen molar-refractivity contribution in [3.63, 3.8) is 0 Å². The third-order valence-corrected chi connectivity index (χ3v) is 26.7. The molecule has 50 heavy (non-hydrogen) atoms. The lowest BCUT2D eigenvalue weighted by Crippen LogP contribution is -2.55. The second kappa shape index (κ2) is 13.8. The number of nitrogens with zero attached hydrogens (tertiary/aromatic N) is 2. The van der Waals surface area contributed by atoms with Gasteiger partial charge in [-0.15, -0.1) is 0 Å². The molecule has 0 aromatic heterocycles. The molecule has 4 heteroatoms. The Balaban J connectivity index is 1.85. The van der Waals surface area contributed by atoms with Crippen LogP contribution >= 0.6 is 0 Å². The van der Waals surface area contributed by atoms with E-state index in [0.29, 0.717) is 33.2 Å². The van der Waals surface area contributed by atoms with Crippen LogP contribution in [-0.4, -0.2) is 16.1 Å². The molecular weight excluding hydrogens is 637 g/mol. The van der Waals surface area contributed by atoms with Crippen molar-refractivity contribution < 1.29 is 0 Å². The minimum Gasteiger partial charge on any atom is -0.246 e. The summed E-state index contributed by atoms with van der Waals surface area (Å²) in [5.41, 5.74) is 5.70. The highest BCUT2D eigenvalue weighted by atomic mass is 28.3. The third kappa shape index (κ3) is 5.49. The highest BCUT2D eigenvalue weighted by Gasteiger charge is 2.46. The van der Waals surface area contributed by atoms with Crippen LogP contribution in [0.4, 0.5) is 11.4 Å². The quantitative estimate of drug-likeness (QED) is 0.101. The molecule has 6 rings (SSSR count). The molecule has 0 N–H and O–H groups in total. The molecule has 0 saturated carbocycles. The summed E-state index contributed by atoms with van der Waals surface area (Å²) in [6.07, 6.45) is 0. The van der Waals surface area contributed by atoms with Crippen molar-refractivity contribution in [2.45, 2.75) is 116 Å². The number of hydrogen-bond donors (Lipinski definition) is 0. The third-order valence-electron chi connectivity index (χ3n) is 12.6. The molecule has 0 unspecified atom stereocenters. The van der Waals surface area contributed by atoms with Crippen molar-refractivity contribution in [1.29, 1.82) is 0 Å². The van der Waals surface area contributed by atoms with Gasteiger partial charge < -0.3 is 0 Å². The van der Waals surface area contributed by atoms with Gasteiger partial charge in [0.1, 0.15) is 0 Å². The lowest BCUT2D eigenvalue weighted by atomic mass is 9.93. The second-order valence-electron chi connectivity index (χ2n) is 16.6. The summed E-state index contributed by atoms with van der Waals surface area (Å²) >= 11 is 0. The summed E-state index contributed by atoms with van der Waals surface area (Å²) < 4.78 is 0. The molecule has 6 aromatic rings. The summed E-state index contributed by atoms with van der Waals surface area (Å²) in [4.78, 5) is 11.7. The maximum atomic E-state index is 5.85. The van der Waals surface area contributed by atoms with Crippen molar-refractivity contribution >= 4 is 70.2 Å². The Morgan fingerprint density at radius 2 is 0.680 bits per heavy atom. The maximum Gasteiger partial charge on any atom is 0.0978 e. The highest BCUT2D eigenvalue weighted by Crippen LogP contribution is 2.44. The van der Waals surface area contributed by atoms with E-state index in [2.05, 4.69) is 180 Å². The second-order valence-corrected chi connectivity index (χ2v) is 28.4. The van der Waals surface area contributed by atoms with Gasteiger partial charge in [-0.05, 0) is 77.3 Å². The van der Waals surface area contributed by atoms with Gasteiger partial charge in [0.05, 0.1) is 38.2 Å². The average molecular weight is 695 g/mol. The van der Waals surface area contributed by atoms with Crippen molar-refractivity contribution in [3.8, 4) is 0 Å². The van der Waals surface area contributed by atoms with Gasteiger partial charge in [-0.25, -0.2) is 9.98 Å². The summed E-state index contributed by atoms with van der Waals surface area (Å²) in [5, 5.41) is 12.4. The van der Waals surface area contributed by atoms with Crippen LogP contribution in [0.25, 0.3) is 32.3 Å². The van der Waals surface area contributed by atoms with Crippen LogP contribution in [0.1, 0.15) is 83.1 Å². The monoisotopic (exact) mass is 694 g/mol. The van der Waals surface area contributed by atoms with Gasteiger partial charge in [0.2, 0.25) is 0 Å². The molecule has 0 amide bonds. The molecule has 0 bridgehead atoms. The topological polar surface area (TPSA) is 24.7 Å². The summed E-state index contributed by atoms with van der Waals surface area (Å²) in [7, 11) is -4.05. The number of benzene rings is 6. The Morgan fingerprint density at radius 1 is 0.360 bits per heavy atom. The molecular formula is C46H58N2Si2. The minimum atomic E-state index is -2.03. The molecule has 0 atom stereocenters. The first-order valence-electron chi connectivity index (χ1n) is 19.1. The molecule has 260 valence electrons. The standard InChI is InChI=1S/C46H58N2Si2/c1-29(2)49(30(3)4,31(5)6)41-25-15-13-23-39(41)47-45-37-21-17-19-35-27-28-36-20-18-22-38(44(36)43(35)37)46(45)48-40-24-14-16-26-42(40)50(32(7)8,33(9)10)34(11)12/h13-34H,1-12H3. The molecule has 0 saturated heterocycles. The van der Waals surface area contributed by atoms with Gasteiger partial charge in [-0.1, -0.05) is 168 Å². The molecule has 0 fully saturated rings. The van der Waals surface area contributed by atoms with Crippen LogP contribution in [0.2, 0.25) is 33.2 Å². The number of rotatable bonds is 10. The van der Waals surface area contributed by atoms with Crippen molar-refractivity contribution in [2.24, 2.45) is 9.98 Å². The smallest absolute Gasteiger partial charge is 0.0978 e. The van der Waals surface area contributed by atoms with Crippen LogP contribution in [0.3, 0.4) is 0 Å². The fourth-order valence-electron chi connectivity index (χ4n) is 11.0. The average Bonchev–Trinajstić information content (AvgIpc) is 3.06. The summed E-state index contributed by atoms with van der Waals surface area (Å²) in [5.74, 6) is 0. The van der Waals surface area contributed by atoms with Crippen LogP contribution in [0.5, 0.6) is 0 Å². The van der Waals surface area contributed by atoms with Crippen molar-refractivity contribution in [2.75, 3.05) is 0 Å². The zero-order valence-electron chi connectivity index (χ0n) is 32.6. The molecule has 0 spiro atoms. The first-order chi connectivity index (χ1) is 23.8. The van der Waals surface area contributed by atoms with Crippen LogP contribution < -0.4 is 21.1 Å². The van der Waals surface area contributed by atoms with Crippen LogP contribution in [-0.2, 0) is 0 Å². The Morgan fingerprint density at radius 3 is 1.00 bits per heavy atom. The number of para-hydroxylation sites is 2. The summed E-state index contributed by atoms with van der Waals surface area (Å²) in [6, 6.07) is 36.2. The molecule has 6 aromatic carbocycles. The first-order valence-corrected chi connectivity index (χ1v) is 23.6. The van der Waals surface area contributed by atoms with E-state index >= 15 is 0 Å². The Kier molecular flexibility index (Phi) is 10.0. The van der Waals surface area contributed by atoms with E-state index in [-0.39, 0.29) is 0 Å². The molecule has 0 aliphatic carbocycles. The molecule has 2 nitrogen and oxygen atoms in total. The van der Waals surface area contributed by atoms with E-state index in [0.717, 1.165) is 22.1 Å². The lowest BCUT2D eigenvalue weighted by Gasteiger charge is -2.44. The van der Waals surface area contributed by atoms with E-state index in [9.17, 15) is 0 Å². The van der Waals surface area contributed by atoms with Gasteiger partial charge in [0.15, 0.2) is 0 Å². The minimum absolute atomic E-state index is 0.578. The molecule has 0 aliphatic rings. The Labute approximate surface area is 303 Å². The lowest BCUT2D eigenvalue weighted by molar-refractivity contribution is 0.834. The van der Waals surface area contributed by atoms with Gasteiger partial charge >= 0.3 is 0 Å². The molecule has 0 radical (unpaired) electrons. The summed E-state index contributed by atoms with van der Waals surface area (Å²) in [6.45, 7) is 29.4. The van der Waals surface area contributed by atoms with Gasteiger partial charge in [0.25, 0.3) is 0 Å². The largest absolute Gasteiger partial charge is 0.246 e. The highest BCUT2D eigenvalue weighted by molar-refractivity contribution is 6.96. The Bertz CT molecular complexity index is 2060. The fourth-order valence-corrected chi connectivity index (χ4v) is 24.7. The predicted octanol–water partition coefficient (Wildman–Crippen LogP) is 12.3. The Hall–Kier alpha value is -3.61. The fraction of sp³-hybridized carbons (Fsp3) is 0.391. The van der Waals surface area contributed by atoms with E-state index in [1.807, 2.05) is 0 Å². The van der Waals surface area contributed by atoms with Gasteiger partial charge in [-0.3, -0.25) is 0 Å². The van der Waals surface area contributed by atoms with E-state index < -0.39 is 16.1 Å². The molecule has 0 heterocycles. The van der Waals surface area contributed by atoms with E-state index in [1.54, 1.807) is 0 Å². The number of hydrogen-bond acceptors (Lipinski definition) is 2. The molecule has 0 aliphatic heterocycles. The predicted molar refractivity (Wildman–Crippen MR) is 226 cm³/mol. The van der Waals surface area contributed by atoms with Gasteiger partial charge in [-0.2, -0.15) is 0 Å². The normalized spacial score (nSPS) is 14.1. The van der Waals surface area contributed by atoms with Crippen molar-refractivity contribution in [3.05, 3.63) is 108 Å². The van der Waals surface area contributed by atoms with Crippen molar-refractivity contribution in [1.82, 2.24) is 0 Å². The van der Waals surface area contributed by atoms with E-state index in [1.165, 1.54) is 42.7 Å². The van der Waals surface area contributed by atoms with Crippen LogP contribution in [0, 0.1) is 0 Å². The van der Waals surface area contributed by atoms with E-state index in [4.69, 9.17) is 9.98 Å². The maximum absolute atomic E-state index is 5.85. The van der Waals surface area contributed by atoms with Crippen LogP contribution in [0.15, 0.2) is 107 Å². The zero-order chi connectivity index (χ0) is 36.1. The van der Waals surface area contributed by atoms with Gasteiger partial charge in [0, 0.05) is 10.8 Å². The SMILES string of the molecule is CC(C)[Si](c1ccccc1N=c1c(=Nc2ccccc2[Si](C(C)C)(C(C)C)C(C)C)c2cccc3ccc4cccc1c4c32)(C(C)C)C(C)C.